The van der Waals surface area contributed by atoms with E-state index in [-0.39, 0.29) is 5.75 Å². The average molecular weight is 308 g/mol. The number of phenols is 1. The van der Waals surface area contributed by atoms with Crippen LogP contribution in [-0.2, 0) is 6.54 Å². The summed E-state index contributed by atoms with van der Waals surface area (Å²) in [6, 6.07) is 13.3. The van der Waals surface area contributed by atoms with E-state index in [4.69, 9.17) is 4.74 Å². The largest absolute Gasteiger partial charge is 0.504 e. The monoisotopic (exact) mass is 307 g/mol. The molecule has 0 aromatic heterocycles. The van der Waals surface area contributed by atoms with Gasteiger partial charge in [-0.3, -0.25) is 0 Å². The zero-order valence-electron chi connectivity index (χ0n) is 9.98. The van der Waals surface area contributed by atoms with E-state index in [1.54, 1.807) is 12.1 Å². The lowest BCUT2D eigenvalue weighted by Gasteiger charge is -2.09. The van der Waals surface area contributed by atoms with Crippen molar-refractivity contribution in [3.63, 3.8) is 0 Å². The van der Waals surface area contributed by atoms with Crippen LogP contribution in [0.4, 0.5) is 5.69 Å². The van der Waals surface area contributed by atoms with Gasteiger partial charge in [0, 0.05) is 22.8 Å². The lowest BCUT2D eigenvalue weighted by Crippen LogP contribution is -1.99. The highest BCUT2D eigenvalue weighted by Gasteiger charge is 2.02. The van der Waals surface area contributed by atoms with E-state index in [2.05, 4.69) is 21.2 Å². The number of benzene rings is 2. The number of methoxy groups -OCH3 is 1. The van der Waals surface area contributed by atoms with Gasteiger partial charge in [0.2, 0.25) is 0 Å². The second kappa shape index (κ2) is 5.78. The lowest BCUT2D eigenvalue weighted by atomic mass is 10.2. The van der Waals surface area contributed by atoms with Crippen molar-refractivity contribution in [3.8, 4) is 11.5 Å². The number of phenolic OH excluding ortho intramolecular Hbond substituents is 1. The first kappa shape index (κ1) is 12.8. The molecule has 2 aromatic rings. The number of hydrogen-bond donors (Lipinski definition) is 2. The van der Waals surface area contributed by atoms with Crippen molar-refractivity contribution < 1.29 is 9.84 Å². The van der Waals surface area contributed by atoms with Gasteiger partial charge < -0.3 is 15.2 Å². The Morgan fingerprint density at radius 3 is 2.50 bits per heavy atom. The van der Waals surface area contributed by atoms with Gasteiger partial charge in [-0.25, -0.2) is 0 Å². The fourth-order valence-electron chi connectivity index (χ4n) is 1.61. The molecular formula is C14H14BrNO2. The van der Waals surface area contributed by atoms with E-state index < -0.39 is 0 Å². The molecule has 0 aliphatic rings. The summed E-state index contributed by atoms with van der Waals surface area (Å²) in [6.07, 6.45) is 0. The van der Waals surface area contributed by atoms with Crippen LogP contribution in [-0.4, -0.2) is 12.2 Å². The summed E-state index contributed by atoms with van der Waals surface area (Å²) >= 11 is 3.40. The molecule has 0 radical (unpaired) electrons. The Morgan fingerprint density at radius 1 is 1.17 bits per heavy atom. The van der Waals surface area contributed by atoms with Gasteiger partial charge in [-0.05, 0) is 29.8 Å². The molecule has 0 unspecified atom stereocenters. The molecule has 2 rings (SSSR count). The van der Waals surface area contributed by atoms with Gasteiger partial charge in [0.05, 0.1) is 7.11 Å². The van der Waals surface area contributed by atoms with Crippen molar-refractivity contribution in [1.82, 2.24) is 0 Å². The summed E-state index contributed by atoms with van der Waals surface area (Å²) in [5.74, 6) is 0.613. The minimum Gasteiger partial charge on any atom is -0.504 e. The van der Waals surface area contributed by atoms with Crippen LogP contribution in [0.15, 0.2) is 46.9 Å². The molecule has 0 amide bonds. The van der Waals surface area contributed by atoms with E-state index in [1.807, 2.05) is 30.3 Å². The van der Waals surface area contributed by atoms with Crippen LogP contribution in [0.2, 0.25) is 0 Å². The van der Waals surface area contributed by atoms with Gasteiger partial charge in [-0.2, -0.15) is 0 Å². The topological polar surface area (TPSA) is 41.5 Å². The van der Waals surface area contributed by atoms with Crippen molar-refractivity contribution in [1.29, 1.82) is 0 Å². The molecule has 0 spiro atoms. The van der Waals surface area contributed by atoms with Gasteiger partial charge in [0.15, 0.2) is 11.5 Å². The van der Waals surface area contributed by atoms with Crippen LogP contribution in [0.3, 0.4) is 0 Å². The normalized spacial score (nSPS) is 10.1. The number of halogens is 1. The van der Waals surface area contributed by atoms with Crippen LogP contribution in [0, 0.1) is 0 Å². The molecular weight excluding hydrogens is 294 g/mol. The third kappa shape index (κ3) is 3.17. The van der Waals surface area contributed by atoms with Gasteiger partial charge >= 0.3 is 0 Å². The first-order valence-corrected chi connectivity index (χ1v) is 6.33. The lowest BCUT2D eigenvalue weighted by molar-refractivity contribution is 0.373. The third-order valence-electron chi connectivity index (χ3n) is 2.59. The van der Waals surface area contributed by atoms with Gasteiger partial charge in [0.25, 0.3) is 0 Å². The minimum atomic E-state index is 0.137. The van der Waals surface area contributed by atoms with E-state index in [9.17, 15) is 5.11 Å². The smallest absolute Gasteiger partial charge is 0.160 e. The SMILES string of the molecule is COc1ccc(NCc2ccc(Br)cc2)cc1O. The van der Waals surface area contributed by atoms with Crippen LogP contribution in [0.5, 0.6) is 11.5 Å². The third-order valence-corrected chi connectivity index (χ3v) is 3.12. The predicted octanol–water partition coefficient (Wildman–Crippen LogP) is 3.78. The summed E-state index contributed by atoms with van der Waals surface area (Å²) < 4.78 is 6.06. The van der Waals surface area contributed by atoms with Crippen molar-refractivity contribution in [2.75, 3.05) is 12.4 Å². The Morgan fingerprint density at radius 2 is 1.89 bits per heavy atom. The highest BCUT2D eigenvalue weighted by molar-refractivity contribution is 9.10. The summed E-state index contributed by atoms with van der Waals surface area (Å²) in [5.41, 5.74) is 2.03. The van der Waals surface area contributed by atoms with E-state index in [0.717, 1.165) is 10.2 Å². The van der Waals surface area contributed by atoms with E-state index in [0.29, 0.717) is 12.3 Å². The fourth-order valence-corrected chi connectivity index (χ4v) is 1.87. The summed E-state index contributed by atoms with van der Waals surface area (Å²) in [7, 11) is 1.53. The molecule has 0 aliphatic heterocycles. The number of rotatable bonds is 4. The number of ether oxygens (including phenoxy) is 1. The average Bonchev–Trinajstić information content (AvgIpc) is 2.38. The zero-order chi connectivity index (χ0) is 13.0. The molecule has 2 aromatic carbocycles. The predicted molar refractivity (Wildman–Crippen MR) is 76.1 cm³/mol. The molecule has 0 heterocycles. The van der Waals surface area contributed by atoms with Crippen LogP contribution in [0.1, 0.15) is 5.56 Å². The molecule has 0 saturated heterocycles. The van der Waals surface area contributed by atoms with E-state index in [1.165, 1.54) is 12.7 Å². The zero-order valence-corrected chi connectivity index (χ0v) is 11.6. The van der Waals surface area contributed by atoms with E-state index >= 15 is 0 Å². The Kier molecular flexibility index (Phi) is 4.10. The van der Waals surface area contributed by atoms with Gasteiger partial charge in [0.1, 0.15) is 0 Å². The van der Waals surface area contributed by atoms with Crippen LogP contribution in [0.25, 0.3) is 0 Å². The maximum atomic E-state index is 9.65. The highest BCUT2D eigenvalue weighted by atomic mass is 79.9. The Labute approximate surface area is 115 Å². The molecule has 4 heteroatoms. The molecule has 0 atom stereocenters. The van der Waals surface area contributed by atoms with Crippen molar-refractivity contribution in [2.45, 2.75) is 6.54 Å². The Bertz CT molecular complexity index is 526. The summed E-state index contributed by atoms with van der Waals surface area (Å²) in [5, 5.41) is 12.9. The van der Waals surface area contributed by atoms with Crippen molar-refractivity contribution in [3.05, 3.63) is 52.5 Å². The second-order valence-corrected chi connectivity index (χ2v) is 4.78. The van der Waals surface area contributed by atoms with Gasteiger partial charge in [-0.15, -0.1) is 0 Å². The maximum absolute atomic E-state index is 9.65. The molecule has 3 nitrogen and oxygen atoms in total. The quantitative estimate of drug-likeness (QED) is 0.903. The van der Waals surface area contributed by atoms with Gasteiger partial charge in [-0.1, -0.05) is 28.1 Å². The molecule has 94 valence electrons. The number of anilines is 1. The van der Waals surface area contributed by atoms with Crippen molar-refractivity contribution >= 4 is 21.6 Å². The molecule has 0 bridgehead atoms. The molecule has 0 saturated carbocycles. The first-order chi connectivity index (χ1) is 8.69. The Balaban J connectivity index is 2.02. The number of aromatic hydroxyl groups is 1. The molecule has 2 N–H and O–H groups in total. The summed E-state index contributed by atoms with van der Waals surface area (Å²) in [6.45, 7) is 0.707. The molecule has 18 heavy (non-hydrogen) atoms. The second-order valence-electron chi connectivity index (χ2n) is 3.87. The maximum Gasteiger partial charge on any atom is 0.160 e. The fraction of sp³-hybridized carbons (Fsp3) is 0.143. The minimum absolute atomic E-state index is 0.137. The number of hydrogen-bond acceptors (Lipinski definition) is 3. The molecule has 0 fully saturated rings. The first-order valence-electron chi connectivity index (χ1n) is 5.54. The Hall–Kier alpha value is -1.68. The van der Waals surface area contributed by atoms with Crippen molar-refractivity contribution in [2.24, 2.45) is 0 Å². The summed E-state index contributed by atoms with van der Waals surface area (Å²) in [4.78, 5) is 0. The van der Waals surface area contributed by atoms with Crippen LogP contribution >= 0.6 is 15.9 Å². The number of nitrogens with one attached hydrogen (secondary N) is 1. The standard InChI is InChI=1S/C14H14BrNO2/c1-18-14-7-6-12(8-13(14)17)16-9-10-2-4-11(15)5-3-10/h2-8,16-17H,9H2,1H3. The van der Waals surface area contributed by atoms with Crippen LogP contribution < -0.4 is 10.1 Å². The molecule has 0 aliphatic carbocycles. The highest BCUT2D eigenvalue weighted by Crippen LogP contribution is 2.28.